The van der Waals surface area contributed by atoms with E-state index in [4.69, 9.17) is 18.9 Å². The van der Waals surface area contributed by atoms with E-state index < -0.39 is 6.10 Å². The maximum Gasteiger partial charge on any atom is 0.155 e. The molecule has 0 spiro atoms. The lowest BCUT2D eigenvalue weighted by molar-refractivity contribution is -0.323. The zero-order chi connectivity index (χ0) is 11.8. The molecule has 3 aliphatic rings. The van der Waals surface area contributed by atoms with Crippen molar-refractivity contribution in [3.8, 4) is 0 Å². The molecule has 0 aromatic heterocycles. The van der Waals surface area contributed by atoms with Crippen LogP contribution in [0.5, 0.6) is 0 Å². The second-order valence-corrected chi connectivity index (χ2v) is 4.71. The van der Waals surface area contributed by atoms with Gasteiger partial charge in [-0.3, -0.25) is 0 Å². The van der Waals surface area contributed by atoms with E-state index in [1.165, 1.54) is 0 Å². The van der Waals surface area contributed by atoms with Crippen molar-refractivity contribution in [2.45, 2.75) is 50.2 Å². The maximum absolute atomic E-state index is 10.3. The van der Waals surface area contributed by atoms with Gasteiger partial charge in [-0.15, -0.1) is 0 Å². The summed E-state index contributed by atoms with van der Waals surface area (Å²) in [5.74, 6) is 0. The van der Waals surface area contributed by atoms with Crippen LogP contribution in [0.15, 0.2) is 12.2 Å². The minimum atomic E-state index is -0.648. The third kappa shape index (κ3) is 2.13. The highest BCUT2D eigenvalue weighted by atomic mass is 16.7. The third-order valence-corrected chi connectivity index (χ3v) is 3.52. The van der Waals surface area contributed by atoms with Crippen molar-refractivity contribution in [2.24, 2.45) is 0 Å². The molecule has 5 heteroatoms. The van der Waals surface area contributed by atoms with Gasteiger partial charge in [-0.25, -0.2) is 0 Å². The molecule has 96 valence electrons. The van der Waals surface area contributed by atoms with Crippen molar-refractivity contribution in [1.82, 2.24) is 0 Å². The molecular weight excluding hydrogens is 224 g/mol. The van der Waals surface area contributed by atoms with Crippen molar-refractivity contribution in [2.75, 3.05) is 13.2 Å². The average Bonchev–Trinajstić information content (AvgIpc) is 2.56. The summed E-state index contributed by atoms with van der Waals surface area (Å²) in [5.41, 5.74) is 0. The Kier molecular flexibility index (Phi) is 3.19. The molecule has 3 heterocycles. The first-order valence-electron chi connectivity index (χ1n) is 6.13. The summed E-state index contributed by atoms with van der Waals surface area (Å²) in [5, 5.41) is 10.3. The Morgan fingerprint density at radius 2 is 1.94 bits per heavy atom. The minimum Gasteiger partial charge on any atom is -0.387 e. The highest BCUT2D eigenvalue weighted by Crippen LogP contribution is 2.32. The summed E-state index contributed by atoms with van der Waals surface area (Å²) < 4.78 is 22.5. The van der Waals surface area contributed by atoms with Crippen molar-refractivity contribution in [3.63, 3.8) is 0 Å². The summed E-state index contributed by atoms with van der Waals surface area (Å²) in [6, 6.07) is 0. The van der Waals surface area contributed by atoms with Gasteiger partial charge in [0.2, 0.25) is 0 Å². The van der Waals surface area contributed by atoms with Gasteiger partial charge in [-0.1, -0.05) is 12.2 Å². The van der Waals surface area contributed by atoms with Crippen LogP contribution in [0.2, 0.25) is 0 Å². The number of hydrogen-bond acceptors (Lipinski definition) is 5. The van der Waals surface area contributed by atoms with E-state index in [0.717, 1.165) is 6.42 Å². The summed E-state index contributed by atoms with van der Waals surface area (Å²) in [7, 11) is 0. The fraction of sp³-hybridized carbons (Fsp3) is 0.833. The number of aliphatic hydroxyl groups excluding tert-OH is 1. The number of fused-ring (bicyclic) bond motifs is 2. The molecule has 0 aliphatic carbocycles. The first-order chi connectivity index (χ1) is 8.25. The molecule has 0 bridgehead atoms. The first kappa shape index (κ1) is 11.6. The molecule has 5 nitrogen and oxygen atoms in total. The molecule has 0 radical (unpaired) electrons. The molecule has 0 unspecified atom stereocenters. The topological polar surface area (TPSA) is 57.2 Å². The maximum atomic E-state index is 10.3. The van der Waals surface area contributed by atoms with Crippen LogP contribution in [-0.4, -0.2) is 55.1 Å². The molecule has 0 aromatic rings. The van der Waals surface area contributed by atoms with Crippen LogP contribution in [0, 0.1) is 0 Å². The van der Waals surface area contributed by atoms with Crippen molar-refractivity contribution in [1.29, 1.82) is 0 Å². The molecule has 0 saturated carbocycles. The Labute approximate surface area is 100 Å². The minimum absolute atomic E-state index is 0.106. The lowest BCUT2D eigenvalue weighted by Crippen LogP contribution is -2.62. The molecule has 3 aliphatic heterocycles. The monoisotopic (exact) mass is 242 g/mol. The van der Waals surface area contributed by atoms with Crippen LogP contribution in [0.4, 0.5) is 0 Å². The van der Waals surface area contributed by atoms with Gasteiger partial charge in [-0.2, -0.15) is 0 Å². The van der Waals surface area contributed by atoms with Crippen molar-refractivity contribution < 1.29 is 24.1 Å². The van der Waals surface area contributed by atoms with Crippen LogP contribution < -0.4 is 0 Å². The fourth-order valence-corrected chi connectivity index (χ4v) is 2.66. The molecule has 2 fully saturated rings. The van der Waals surface area contributed by atoms with Crippen LogP contribution in [0.3, 0.4) is 0 Å². The van der Waals surface area contributed by atoms with Crippen LogP contribution >= 0.6 is 0 Å². The lowest BCUT2D eigenvalue weighted by atomic mass is 9.93. The number of rotatable bonds is 0. The SMILES string of the molecule is C[C@@H]1OC[C@H]2O[C@H]3CC=CCO[C@@H]3[C@@H](O)[C@@H]2O1. The highest BCUT2D eigenvalue weighted by Gasteiger charge is 2.48. The number of ether oxygens (including phenoxy) is 4. The van der Waals surface area contributed by atoms with E-state index in [2.05, 4.69) is 0 Å². The van der Waals surface area contributed by atoms with Gasteiger partial charge in [0, 0.05) is 0 Å². The van der Waals surface area contributed by atoms with Gasteiger partial charge in [0.1, 0.15) is 24.4 Å². The normalized spacial score (nSPS) is 50.2. The standard InChI is InChI=1S/C12H18O5/c1-7-15-6-9-12(16-7)10(13)11-8(17-9)4-2-3-5-14-11/h2-3,7-13H,4-6H2,1H3/t7-,8+,9-,10-,11+,12-/m1/s1. The predicted octanol–water partition coefficient (Wildman–Crippen LogP) is 0.221. The molecule has 0 aromatic carbocycles. The summed E-state index contributed by atoms with van der Waals surface area (Å²) in [4.78, 5) is 0. The summed E-state index contributed by atoms with van der Waals surface area (Å²) in [6.45, 7) is 2.81. The zero-order valence-corrected chi connectivity index (χ0v) is 9.82. The second kappa shape index (κ2) is 4.66. The van der Waals surface area contributed by atoms with Crippen LogP contribution in [0.25, 0.3) is 0 Å². The molecular formula is C12H18O5. The Balaban J connectivity index is 1.77. The Hall–Kier alpha value is -0.460. The molecule has 0 amide bonds. The van der Waals surface area contributed by atoms with Crippen molar-refractivity contribution in [3.05, 3.63) is 12.2 Å². The van der Waals surface area contributed by atoms with E-state index >= 15 is 0 Å². The van der Waals surface area contributed by atoms with E-state index in [1.807, 2.05) is 19.1 Å². The van der Waals surface area contributed by atoms with E-state index in [0.29, 0.717) is 13.2 Å². The molecule has 17 heavy (non-hydrogen) atoms. The Morgan fingerprint density at radius 3 is 2.82 bits per heavy atom. The number of aliphatic hydroxyl groups is 1. The van der Waals surface area contributed by atoms with Crippen LogP contribution in [-0.2, 0) is 18.9 Å². The summed E-state index contributed by atoms with van der Waals surface area (Å²) in [6.07, 6.45) is 2.85. The fourth-order valence-electron chi connectivity index (χ4n) is 2.66. The molecule has 6 atom stereocenters. The van der Waals surface area contributed by atoms with Gasteiger partial charge < -0.3 is 24.1 Å². The van der Waals surface area contributed by atoms with E-state index in [1.54, 1.807) is 0 Å². The van der Waals surface area contributed by atoms with Gasteiger partial charge in [0.25, 0.3) is 0 Å². The highest BCUT2D eigenvalue weighted by molar-refractivity contribution is 5.00. The second-order valence-electron chi connectivity index (χ2n) is 4.71. The zero-order valence-electron chi connectivity index (χ0n) is 9.82. The van der Waals surface area contributed by atoms with Gasteiger partial charge >= 0.3 is 0 Å². The molecule has 1 N–H and O–H groups in total. The van der Waals surface area contributed by atoms with Gasteiger partial charge in [0.15, 0.2) is 6.29 Å². The van der Waals surface area contributed by atoms with Gasteiger partial charge in [-0.05, 0) is 13.3 Å². The van der Waals surface area contributed by atoms with Crippen molar-refractivity contribution >= 4 is 0 Å². The van der Waals surface area contributed by atoms with Gasteiger partial charge in [0.05, 0.1) is 19.3 Å². The lowest BCUT2D eigenvalue weighted by Gasteiger charge is -2.46. The first-order valence-corrected chi connectivity index (χ1v) is 6.13. The quantitative estimate of drug-likeness (QED) is 0.616. The Morgan fingerprint density at radius 1 is 1.06 bits per heavy atom. The summed E-state index contributed by atoms with van der Waals surface area (Å²) >= 11 is 0. The smallest absolute Gasteiger partial charge is 0.155 e. The Bertz CT molecular complexity index is 303. The van der Waals surface area contributed by atoms with E-state index in [-0.39, 0.29) is 30.7 Å². The largest absolute Gasteiger partial charge is 0.387 e. The predicted molar refractivity (Wildman–Crippen MR) is 58.5 cm³/mol. The third-order valence-electron chi connectivity index (χ3n) is 3.52. The van der Waals surface area contributed by atoms with E-state index in [9.17, 15) is 5.11 Å². The average molecular weight is 242 g/mol. The molecule has 3 rings (SSSR count). The molecule has 2 saturated heterocycles. The van der Waals surface area contributed by atoms with Crippen LogP contribution in [0.1, 0.15) is 13.3 Å². The number of hydrogen-bond donors (Lipinski definition) is 1.